The third kappa shape index (κ3) is 4.52. The first-order valence-electron chi connectivity index (χ1n) is 11.1. The number of piperidine rings is 1. The molecule has 2 fully saturated rings. The van der Waals surface area contributed by atoms with E-state index in [1.165, 1.54) is 13.2 Å². The highest BCUT2D eigenvalue weighted by molar-refractivity contribution is 5.81. The smallest absolute Gasteiger partial charge is 0.416 e. The predicted octanol–water partition coefficient (Wildman–Crippen LogP) is 3.07. The number of ether oxygens (including phenoxy) is 3. The number of methoxy groups -OCH3 is 1. The summed E-state index contributed by atoms with van der Waals surface area (Å²) in [6.07, 6.45) is -0.849. The second-order valence-electron chi connectivity index (χ2n) is 8.43. The van der Waals surface area contributed by atoms with E-state index in [0.29, 0.717) is 28.8 Å². The molecule has 1 atom stereocenters. The van der Waals surface area contributed by atoms with E-state index >= 15 is 0 Å². The first kappa shape index (κ1) is 22.8. The number of hydrogen-bond acceptors (Lipinski definition) is 8. The number of alkyl halides is 3. The highest BCUT2D eigenvalue weighted by Crippen LogP contribution is 2.38. The number of aromatic nitrogens is 4. The lowest BCUT2D eigenvalue weighted by molar-refractivity contribution is -0.137. The first-order valence-corrected chi connectivity index (χ1v) is 11.1. The summed E-state index contributed by atoms with van der Waals surface area (Å²) < 4.78 is 57.1. The summed E-state index contributed by atoms with van der Waals surface area (Å²) >= 11 is 0. The maximum atomic E-state index is 13.3. The zero-order valence-electron chi connectivity index (χ0n) is 18.6. The molecule has 182 valence electrons. The molecule has 0 bridgehead atoms. The van der Waals surface area contributed by atoms with Gasteiger partial charge in [-0.15, -0.1) is 10.2 Å². The number of fused-ring (bicyclic) bond motifs is 1. The van der Waals surface area contributed by atoms with Gasteiger partial charge in [-0.25, -0.2) is 0 Å². The molecule has 12 heteroatoms. The van der Waals surface area contributed by atoms with Gasteiger partial charge in [0.2, 0.25) is 5.95 Å². The van der Waals surface area contributed by atoms with E-state index < -0.39 is 11.7 Å². The van der Waals surface area contributed by atoms with Crippen molar-refractivity contribution in [1.82, 2.24) is 24.7 Å². The molecule has 4 heterocycles. The zero-order chi connectivity index (χ0) is 23.7. The van der Waals surface area contributed by atoms with E-state index in [1.54, 1.807) is 16.8 Å². The van der Waals surface area contributed by atoms with Crippen LogP contribution in [0.1, 0.15) is 18.4 Å². The second kappa shape index (κ2) is 9.35. The molecular formula is C22H25F3N6O3. The molecule has 2 aliphatic rings. The van der Waals surface area contributed by atoms with Crippen LogP contribution in [0, 0.1) is 0 Å². The standard InChI is InChI=1S/C22H25F3N6O3/c1-32-13-34-19-9-14(22(23,24)25)4-5-17(19)20-18-6-7-26-31(18)21(29-28-20)27-15-3-2-8-30(10-15)16-11-33-12-16/h4-7,9,15-16H,2-3,8,10-13H2,1H3,(H,27,29). The van der Waals surface area contributed by atoms with Gasteiger partial charge in [-0.2, -0.15) is 22.8 Å². The van der Waals surface area contributed by atoms with Crippen LogP contribution in [0.25, 0.3) is 16.8 Å². The van der Waals surface area contributed by atoms with Crippen molar-refractivity contribution in [2.75, 3.05) is 45.5 Å². The third-order valence-corrected chi connectivity index (χ3v) is 6.15. The number of benzene rings is 1. The van der Waals surface area contributed by atoms with Gasteiger partial charge < -0.3 is 19.5 Å². The summed E-state index contributed by atoms with van der Waals surface area (Å²) in [5.74, 6) is 0.479. The minimum atomic E-state index is -4.51. The predicted molar refractivity (Wildman–Crippen MR) is 117 cm³/mol. The summed E-state index contributed by atoms with van der Waals surface area (Å²) in [5, 5.41) is 16.5. The van der Waals surface area contributed by atoms with Gasteiger partial charge in [0.05, 0.1) is 36.5 Å². The van der Waals surface area contributed by atoms with Crippen LogP contribution in [-0.2, 0) is 15.7 Å². The van der Waals surface area contributed by atoms with Gasteiger partial charge >= 0.3 is 6.18 Å². The Hall–Kier alpha value is -2.96. The quantitative estimate of drug-likeness (QED) is 0.519. The minimum absolute atomic E-state index is 0.000393. The highest BCUT2D eigenvalue weighted by Gasteiger charge is 2.33. The molecule has 1 unspecified atom stereocenters. The van der Waals surface area contributed by atoms with Crippen LogP contribution < -0.4 is 10.1 Å². The topological polar surface area (TPSA) is 86.0 Å². The zero-order valence-corrected chi connectivity index (χ0v) is 18.6. The van der Waals surface area contributed by atoms with Gasteiger partial charge in [0.25, 0.3) is 0 Å². The van der Waals surface area contributed by atoms with E-state index in [2.05, 4.69) is 25.5 Å². The fourth-order valence-electron chi connectivity index (χ4n) is 4.33. The summed E-state index contributed by atoms with van der Waals surface area (Å²) in [5.41, 5.74) is 0.500. The van der Waals surface area contributed by atoms with E-state index in [1.807, 2.05) is 0 Å². The summed E-state index contributed by atoms with van der Waals surface area (Å²) in [6, 6.07) is 5.65. The normalized spacial score (nSPS) is 19.8. The van der Waals surface area contributed by atoms with Crippen LogP contribution in [0.4, 0.5) is 19.1 Å². The van der Waals surface area contributed by atoms with Gasteiger partial charge in [0, 0.05) is 25.3 Å². The Balaban J connectivity index is 1.45. The van der Waals surface area contributed by atoms with E-state index in [-0.39, 0.29) is 18.6 Å². The van der Waals surface area contributed by atoms with Crippen LogP contribution in [0.2, 0.25) is 0 Å². The molecule has 2 saturated heterocycles. The highest BCUT2D eigenvalue weighted by atomic mass is 19.4. The Morgan fingerprint density at radius 2 is 2.06 bits per heavy atom. The molecule has 3 aromatic rings. The number of likely N-dealkylation sites (tertiary alicyclic amines) is 1. The molecular weight excluding hydrogens is 453 g/mol. The van der Waals surface area contributed by atoms with Crippen molar-refractivity contribution in [3.8, 4) is 17.0 Å². The molecule has 1 aromatic carbocycles. The van der Waals surface area contributed by atoms with Crippen LogP contribution in [-0.4, -0.2) is 77.0 Å². The Morgan fingerprint density at radius 1 is 1.21 bits per heavy atom. The maximum Gasteiger partial charge on any atom is 0.416 e. The van der Waals surface area contributed by atoms with Gasteiger partial charge in [-0.1, -0.05) is 0 Å². The molecule has 5 rings (SSSR count). The van der Waals surface area contributed by atoms with Crippen LogP contribution >= 0.6 is 0 Å². The Morgan fingerprint density at radius 3 is 2.79 bits per heavy atom. The van der Waals surface area contributed by atoms with Gasteiger partial charge in [-0.3, -0.25) is 4.90 Å². The summed E-state index contributed by atoms with van der Waals surface area (Å²) in [6.45, 7) is 3.25. The molecule has 34 heavy (non-hydrogen) atoms. The largest absolute Gasteiger partial charge is 0.467 e. The first-order chi connectivity index (χ1) is 16.4. The van der Waals surface area contributed by atoms with Crippen molar-refractivity contribution in [3.63, 3.8) is 0 Å². The number of halogens is 3. The fraction of sp³-hybridized carbons (Fsp3) is 0.500. The third-order valence-electron chi connectivity index (χ3n) is 6.15. The molecule has 0 aliphatic carbocycles. The van der Waals surface area contributed by atoms with E-state index in [9.17, 15) is 13.2 Å². The van der Waals surface area contributed by atoms with Crippen molar-refractivity contribution in [2.45, 2.75) is 31.1 Å². The van der Waals surface area contributed by atoms with Crippen molar-refractivity contribution in [3.05, 3.63) is 36.0 Å². The second-order valence-corrected chi connectivity index (χ2v) is 8.43. The molecule has 0 spiro atoms. The van der Waals surface area contributed by atoms with E-state index in [4.69, 9.17) is 14.2 Å². The van der Waals surface area contributed by atoms with Crippen LogP contribution in [0.5, 0.6) is 5.75 Å². The summed E-state index contributed by atoms with van der Waals surface area (Å²) in [7, 11) is 1.40. The van der Waals surface area contributed by atoms with Gasteiger partial charge in [0.1, 0.15) is 11.4 Å². The van der Waals surface area contributed by atoms with Crippen LogP contribution in [0.15, 0.2) is 30.5 Å². The molecule has 2 aromatic heterocycles. The summed E-state index contributed by atoms with van der Waals surface area (Å²) in [4.78, 5) is 2.42. The molecule has 2 aliphatic heterocycles. The average molecular weight is 478 g/mol. The van der Waals surface area contributed by atoms with Crippen molar-refractivity contribution >= 4 is 11.5 Å². The van der Waals surface area contributed by atoms with Crippen LogP contribution in [0.3, 0.4) is 0 Å². The van der Waals surface area contributed by atoms with Crippen molar-refractivity contribution in [2.24, 2.45) is 0 Å². The van der Waals surface area contributed by atoms with Crippen molar-refractivity contribution < 1.29 is 27.4 Å². The molecule has 1 N–H and O–H groups in total. The average Bonchev–Trinajstić information content (AvgIpc) is 3.27. The number of nitrogens with zero attached hydrogens (tertiary/aromatic N) is 5. The van der Waals surface area contributed by atoms with Gasteiger partial charge in [-0.05, 0) is 43.7 Å². The molecule has 9 nitrogen and oxygen atoms in total. The maximum absolute atomic E-state index is 13.3. The Labute approximate surface area is 193 Å². The lowest BCUT2D eigenvalue weighted by Crippen LogP contribution is -2.54. The lowest BCUT2D eigenvalue weighted by atomic mass is 10.0. The number of anilines is 1. The minimum Gasteiger partial charge on any atom is -0.467 e. The molecule has 0 saturated carbocycles. The Kier molecular flexibility index (Phi) is 6.28. The van der Waals surface area contributed by atoms with E-state index in [0.717, 1.165) is 51.3 Å². The molecule has 0 amide bonds. The Bertz CT molecular complexity index is 1150. The number of hydrogen-bond donors (Lipinski definition) is 1. The molecule has 0 radical (unpaired) electrons. The lowest BCUT2D eigenvalue weighted by Gasteiger charge is -2.42. The fourth-order valence-corrected chi connectivity index (χ4v) is 4.33. The SMILES string of the molecule is COCOc1cc(C(F)(F)F)ccc1-c1nnc(NC2CCCN(C3COC3)C2)n2nccc12. The number of nitrogens with one attached hydrogen (secondary N) is 1. The van der Waals surface area contributed by atoms with Crippen molar-refractivity contribution in [1.29, 1.82) is 0 Å². The monoisotopic (exact) mass is 478 g/mol. The number of rotatable bonds is 7. The van der Waals surface area contributed by atoms with Gasteiger partial charge in [0.15, 0.2) is 6.79 Å².